The van der Waals surface area contributed by atoms with Crippen molar-refractivity contribution in [1.29, 1.82) is 0 Å². The van der Waals surface area contributed by atoms with Crippen LogP contribution in [0, 0.1) is 0 Å². The Labute approximate surface area is 151 Å². The smallest absolute Gasteiger partial charge is 0.255 e. The van der Waals surface area contributed by atoms with E-state index in [2.05, 4.69) is 25.9 Å². The van der Waals surface area contributed by atoms with Gasteiger partial charge in [0.2, 0.25) is 0 Å². The van der Waals surface area contributed by atoms with Gasteiger partial charge >= 0.3 is 0 Å². The highest BCUT2D eigenvalue weighted by Crippen LogP contribution is 2.12. The van der Waals surface area contributed by atoms with E-state index in [0.717, 1.165) is 38.5 Å². The molecular weight excluding hydrogens is 328 g/mol. The lowest BCUT2D eigenvalue weighted by atomic mass is 10.2. The molecule has 3 aromatic rings. The van der Waals surface area contributed by atoms with E-state index < -0.39 is 0 Å². The summed E-state index contributed by atoms with van der Waals surface area (Å²) >= 11 is 0. The van der Waals surface area contributed by atoms with Crippen LogP contribution in [-0.2, 0) is 6.54 Å². The summed E-state index contributed by atoms with van der Waals surface area (Å²) in [6.45, 7) is 4.05. The molecule has 0 spiro atoms. The fourth-order valence-electron chi connectivity index (χ4n) is 3.10. The van der Waals surface area contributed by atoms with Gasteiger partial charge in [-0.3, -0.25) is 19.2 Å². The van der Waals surface area contributed by atoms with E-state index in [9.17, 15) is 4.79 Å². The number of carbonyl (C=O) groups excluding carboxylic acids is 1. The zero-order chi connectivity index (χ0) is 17.8. The summed E-state index contributed by atoms with van der Waals surface area (Å²) in [7, 11) is 0. The molecule has 0 saturated carbocycles. The molecule has 132 valence electrons. The zero-order valence-electron chi connectivity index (χ0n) is 14.4. The largest absolute Gasteiger partial charge is 0.336 e. The van der Waals surface area contributed by atoms with Crippen LogP contribution in [0.15, 0.2) is 61.6 Å². The molecule has 0 atom stereocenters. The van der Waals surface area contributed by atoms with Crippen molar-refractivity contribution in [3.63, 3.8) is 0 Å². The topological polar surface area (TPSA) is 67.2 Å². The molecule has 0 N–H and O–H groups in total. The minimum atomic E-state index is 0.0377. The van der Waals surface area contributed by atoms with Gasteiger partial charge in [-0.25, -0.2) is 9.97 Å². The molecule has 3 aromatic heterocycles. The van der Waals surface area contributed by atoms with Crippen LogP contribution in [0.25, 0.3) is 5.82 Å². The van der Waals surface area contributed by atoms with Crippen molar-refractivity contribution < 1.29 is 4.79 Å². The first-order chi connectivity index (χ1) is 12.8. The first-order valence-electron chi connectivity index (χ1n) is 8.64. The summed E-state index contributed by atoms with van der Waals surface area (Å²) in [6.07, 6.45) is 10.5. The van der Waals surface area contributed by atoms with E-state index >= 15 is 0 Å². The number of amides is 1. The van der Waals surface area contributed by atoms with Crippen LogP contribution in [0.5, 0.6) is 0 Å². The highest BCUT2D eigenvalue weighted by molar-refractivity contribution is 5.94. The van der Waals surface area contributed by atoms with Crippen LogP contribution >= 0.6 is 0 Å². The highest BCUT2D eigenvalue weighted by Gasteiger charge is 2.22. The van der Waals surface area contributed by atoms with Gasteiger partial charge in [-0.05, 0) is 23.8 Å². The average molecular weight is 348 g/mol. The van der Waals surface area contributed by atoms with Crippen molar-refractivity contribution >= 4 is 5.91 Å². The van der Waals surface area contributed by atoms with Crippen LogP contribution in [0.2, 0.25) is 0 Å². The molecule has 1 amide bonds. The molecule has 1 fully saturated rings. The predicted octanol–water partition coefficient (Wildman–Crippen LogP) is 1.62. The number of pyridine rings is 2. The van der Waals surface area contributed by atoms with Crippen LogP contribution in [-0.4, -0.2) is 61.4 Å². The molecule has 7 heteroatoms. The quantitative estimate of drug-likeness (QED) is 0.717. The van der Waals surface area contributed by atoms with Crippen LogP contribution in [0.3, 0.4) is 0 Å². The van der Waals surface area contributed by atoms with E-state index in [-0.39, 0.29) is 5.91 Å². The Morgan fingerprint density at radius 2 is 1.88 bits per heavy atom. The normalized spacial score (nSPS) is 15.2. The highest BCUT2D eigenvalue weighted by atomic mass is 16.2. The summed E-state index contributed by atoms with van der Waals surface area (Å²) in [5.41, 5.74) is 1.82. The second-order valence-electron chi connectivity index (χ2n) is 6.30. The third-order valence-corrected chi connectivity index (χ3v) is 4.55. The van der Waals surface area contributed by atoms with E-state index in [4.69, 9.17) is 0 Å². The van der Waals surface area contributed by atoms with E-state index in [1.807, 2.05) is 40.1 Å². The molecular formula is C19H20N6O. The molecule has 0 bridgehead atoms. The lowest BCUT2D eigenvalue weighted by molar-refractivity contribution is 0.0628. The average Bonchev–Trinajstić information content (AvgIpc) is 3.24. The molecule has 0 aromatic carbocycles. The SMILES string of the molecule is O=C(c1ccc(-n2ccnc2)nc1)N1CCN(Cc2cccnc2)CC1. The first-order valence-corrected chi connectivity index (χ1v) is 8.64. The Hall–Kier alpha value is -3.06. The maximum atomic E-state index is 12.7. The summed E-state index contributed by atoms with van der Waals surface area (Å²) in [5, 5.41) is 0. The molecule has 1 aliphatic rings. The van der Waals surface area contributed by atoms with Gasteiger partial charge in [0, 0.05) is 63.7 Å². The monoisotopic (exact) mass is 348 g/mol. The van der Waals surface area contributed by atoms with Crippen molar-refractivity contribution in [2.45, 2.75) is 6.54 Å². The number of imidazole rings is 1. The van der Waals surface area contributed by atoms with Crippen molar-refractivity contribution in [1.82, 2.24) is 29.3 Å². The lowest BCUT2D eigenvalue weighted by Gasteiger charge is -2.34. The Kier molecular flexibility index (Phi) is 4.70. The van der Waals surface area contributed by atoms with Gasteiger partial charge in [0.15, 0.2) is 0 Å². The third-order valence-electron chi connectivity index (χ3n) is 4.55. The standard InChI is InChI=1S/C19H20N6O/c26-19(17-3-4-18(22-13-17)25-7-6-21-15-25)24-10-8-23(9-11-24)14-16-2-1-5-20-12-16/h1-7,12-13,15H,8-11,14H2. The number of hydrogen-bond acceptors (Lipinski definition) is 5. The number of nitrogens with zero attached hydrogens (tertiary/aromatic N) is 6. The fourth-order valence-corrected chi connectivity index (χ4v) is 3.10. The molecule has 26 heavy (non-hydrogen) atoms. The summed E-state index contributed by atoms with van der Waals surface area (Å²) in [4.78, 5) is 29.5. The number of rotatable bonds is 4. The second-order valence-corrected chi connectivity index (χ2v) is 6.30. The fraction of sp³-hybridized carbons (Fsp3) is 0.263. The maximum Gasteiger partial charge on any atom is 0.255 e. The molecule has 1 saturated heterocycles. The van der Waals surface area contributed by atoms with Gasteiger partial charge in [0.25, 0.3) is 5.91 Å². The van der Waals surface area contributed by atoms with Gasteiger partial charge in [-0.1, -0.05) is 6.07 Å². The van der Waals surface area contributed by atoms with Crippen molar-refractivity contribution in [3.8, 4) is 5.82 Å². The Balaban J connectivity index is 1.34. The van der Waals surface area contributed by atoms with Gasteiger partial charge in [0.1, 0.15) is 12.1 Å². The lowest BCUT2D eigenvalue weighted by Crippen LogP contribution is -2.48. The Morgan fingerprint density at radius 1 is 1.00 bits per heavy atom. The number of aromatic nitrogens is 4. The maximum absolute atomic E-state index is 12.7. The van der Waals surface area contributed by atoms with Gasteiger partial charge in [0.05, 0.1) is 5.56 Å². The zero-order valence-corrected chi connectivity index (χ0v) is 14.4. The minimum absolute atomic E-state index is 0.0377. The Morgan fingerprint density at radius 3 is 2.54 bits per heavy atom. The summed E-state index contributed by atoms with van der Waals surface area (Å²) in [5.74, 6) is 0.788. The second kappa shape index (κ2) is 7.45. The van der Waals surface area contributed by atoms with Crippen molar-refractivity contribution in [3.05, 3.63) is 72.7 Å². The molecule has 0 unspecified atom stereocenters. The first kappa shape index (κ1) is 16.4. The molecule has 7 nitrogen and oxygen atoms in total. The molecule has 0 aliphatic carbocycles. The summed E-state index contributed by atoms with van der Waals surface area (Å²) in [6, 6.07) is 7.70. The molecule has 4 heterocycles. The summed E-state index contributed by atoms with van der Waals surface area (Å²) < 4.78 is 1.81. The van der Waals surface area contributed by atoms with Gasteiger partial charge in [-0.15, -0.1) is 0 Å². The van der Waals surface area contributed by atoms with Crippen LogP contribution < -0.4 is 0 Å². The van der Waals surface area contributed by atoms with Gasteiger partial charge in [-0.2, -0.15) is 0 Å². The predicted molar refractivity (Wildman–Crippen MR) is 96.8 cm³/mol. The molecule has 4 rings (SSSR count). The molecule has 0 radical (unpaired) electrons. The molecule has 1 aliphatic heterocycles. The van der Waals surface area contributed by atoms with Gasteiger partial charge < -0.3 is 4.90 Å². The number of hydrogen-bond donors (Lipinski definition) is 0. The van der Waals surface area contributed by atoms with Crippen LogP contribution in [0.1, 0.15) is 15.9 Å². The van der Waals surface area contributed by atoms with Crippen molar-refractivity contribution in [2.75, 3.05) is 26.2 Å². The number of carbonyl (C=O) groups is 1. The minimum Gasteiger partial charge on any atom is -0.336 e. The number of piperazine rings is 1. The van der Waals surface area contributed by atoms with E-state index in [0.29, 0.717) is 5.56 Å². The van der Waals surface area contributed by atoms with E-state index in [1.165, 1.54) is 5.56 Å². The van der Waals surface area contributed by atoms with E-state index in [1.54, 1.807) is 24.9 Å². The van der Waals surface area contributed by atoms with Crippen molar-refractivity contribution in [2.24, 2.45) is 0 Å². The third kappa shape index (κ3) is 3.62. The Bertz CT molecular complexity index is 840. The van der Waals surface area contributed by atoms with Crippen LogP contribution in [0.4, 0.5) is 0 Å².